The molecule has 0 heterocycles. The average molecular weight is 520 g/mol. The van der Waals surface area contributed by atoms with Gasteiger partial charge in [-0.05, 0) is 69.9 Å². The van der Waals surface area contributed by atoms with Crippen LogP contribution < -0.4 is 9.47 Å². The van der Waals surface area contributed by atoms with E-state index in [-0.39, 0.29) is 0 Å². The van der Waals surface area contributed by atoms with E-state index in [4.69, 9.17) is 14.2 Å². The van der Waals surface area contributed by atoms with Crippen LogP contribution in [0.3, 0.4) is 0 Å². The molecule has 0 aliphatic carbocycles. The van der Waals surface area contributed by atoms with Crippen LogP contribution in [-0.2, 0) is 29.0 Å². The van der Waals surface area contributed by atoms with Crippen molar-refractivity contribution in [2.24, 2.45) is 0 Å². The van der Waals surface area contributed by atoms with E-state index in [1.54, 1.807) is 20.8 Å². The van der Waals surface area contributed by atoms with Crippen LogP contribution in [0.1, 0.15) is 51.3 Å². The van der Waals surface area contributed by atoms with Gasteiger partial charge < -0.3 is 19.3 Å². The fraction of sp³-hybridized carbons (Fsp3) is 0.406. The van der Waals surface area contributed by atoms with Crippen molar-refractivity contribution in [3.05, 3.63) is 95.6 Å². The maximum Gasteiger partial charge on any atom is 0.337 e. The highest BCUT2D eigenvalue weighted by molar-refractivity contribution is 5.75. The maximum atomic E-state index is 13.2. The van der Waals surface area contributed by atoms with Gasteiger partial charge in [-0.25, -0.2) is 4.79 Å². The first-order valence-electron chi connectivity index (χ1n) is 13.3. The van der Waals surface area contributed by atoms with Gasteiger partial charge in [-0.1, -0.05) is 66.7 Å². The first-order valence-corrected chi connectivity index (χ1v) is 13.3. The molecule has 3 aromatic rings. The Labute approximate surface area is 227 Å². The minimum absolute atomic E-state index is 0.409. The van der Waals surface area contributed by atoms with Crippen LogP contribution in [0.15, 0.2) is 78.9 Å². The van der Waals surface area contributed by atoms with Gasteiger partial charge in [-0.3, -0.25) is 4.90 Å². The topological polar surface area (TPSA) is 68.2 Å². The van der Waals surface area contributed by atoms with Crippen molar-refractivity contribution in [2.45, 2.75) is 71.9 Å². The van der Waals surface area contributed by atoms with E-state index in [0.717, 1.165) is 16.7 Å². The first-order chi connectivity index (χ1) is 18.2. The minimum atomic E-state index is -1.36. The fourth-order valence-corrected chi connectivity index (χ4v) is 4.35. The van der Waals surface area contributed by atoms with Gasteiger partial charge in [0.15, 0.2) is 17.6 Å². The number of carbonyl (C=O) groups excluding carboxylic acids is 1. The lowest BCUT2D eigenvalue weighted by Gasteiger charge is -2.35. The van der Waals surface area contributed by atoms with Gasteiger partial charge in [-0.2, -0.15) is 0 Å². The molecule has 3 rings (SSSR count). The summed E-state index contributed by atoms with van der Waals surface area (Å²) in [6.07, 6.45) is -0.948. The molecule has 0 aromatic heterocycles. The summed E-state index contributed by atoms with van der Waals surface area (Å²) in [6, 6.07) is 25.4. The predicted molar refractivity (Wildman–Crippen MR) is 150 cm³/mol. The Kier molecular flexibility index (Phi) is 10.7. The molecule has 6 nitrogen and oxygen atoms in total. The van der Waals surface area contributed by atoms with Crippen molar-refractivity contribution in [1.82, 2.24) is 4.90 Å². The molecule has 0 bridgehead atoms. The number of ether oxygens (including phenoxy) is 3. The van der Waals surface area contributed by atoms with Crippen LogP contribution in [0.2, 0.25) is 0 Å². The lowest BCUT2D eigenvalue weighted by atomic mass is 9.97. The zero-order valence-electron chi connectivity index (χ0n) is 23.2. The summed E-state index contributed by atoms with van der Waals surface area (Å²) in [4.78, 5) is 15.3. The van der Waals surface area contributed by atoms with Crippen LogP contribution in [0.5, 0.6) is 11.5 Å². The summed E-state index contributed by atoms with van der Waals surface area (Å²) in [5, 5.41) is 11.5. The third-order valence-electron chi connectivity index (χ3n) is 5.99. The first kappa shape index (κ1) is 29.2. The molecule has 0 aliphatic rings. The Morgan fingerprint density at radius 3 is 1.82 bits per heavy atom. The Morgan fingerprint density at radius 1 is 0.789 bits per heavy atom. The van der Waals surface area contributed by atoms with E-state index in [1.165, 1.54) is 0 Å². The molecule has 3 aromatic carbocycles. The highest BCUT2D eigenvalue weighted by atomic mass is 16.6. The number of hydrogen-bond acceptors (Lipinski definition) is 6. The van der Waals surface area contributed by atoms with Gasteiger partial charge in [0, 0.05) is 13.1 Å². The summed E-state index contributed by atoms with van der Waals surface area (Å²) in [5.41, 5.74) is 2.39. The Hall–Kier alpha value is -3.35. The Bertz CT molecular complexity index is 1090. The molecule has 2 unspecified atom stereocenters. The van der Waals surface area contributed by atoms with Gasteiger partial charge in [0.25, 0.3) is 0 Å². The van der Waals surface area contributed by atoms with E-state index in [9.17, 15) is 9.90 Å². The summed E-state index contributed by atoms with van der Waals surface area (Å²) >= 11 is 0. The molecular formula is C32H41NO5. The normalized spacial score (nSPS) is 13.1. The number of esters is 1. The molecule has 2 atom stereocenters. The molecule has 0 aliphatic heterocycles. The molecule has 1 N–H and O–H groups in total. The third kappa shape index (κ3) is 8.89. The lowest BCUT2D eigenvalue weighted by Crippen LogP contribution is -2.49. The monoisotopic (exact) mass is 519 g/mol. The lowest BCUT2D eigenvalue weighted by molar-refractivity contribution is -0.169. The molecular weight excluding hydrogens is 478 g/mol. The van der Waals surface area contributed by atoms with Crippen LogP contribution in [0, 0.1) is 0 Å². The second-order valence-electron chi connectivity index (χ2n) is 10.3. The molecule has 0 spiro atoms. The van der Waals surface area contributed by atoms with Gasteiger partial charge in [-0.15, -0.1) is 0 Å². The van der Waals surface area contributed by atoms with Crippen molar-refractivity contribution in [3.63, 3.8) is 0 Å². The van der Waals surface area contributed by atoms with Gasteiger partial charge in [0.2, 0.25) is 0 Å². The van der Waals surface area contributed by atoms with E-state index < -0.39 is 23.7 Å². The highest BCUT2D eigenvalue weighted by Gasteiger charge is 2.35. The van der Waals surface area contributed by atoms with E-state index in [0.29, 0.717) is 44.2 Å². The molecule has 0 radical (unpaired) electrons. The molecule has 38 heavy (non-hydrogen) atoms. The molecule has 204 valence electrons. The number of benzene rings is 3. The number of aliphatic hydroxyl groups is 1. The summed E-state index contributed by atoms with van der Waals surface area (Å²) in [7, 11) is 0. The summed E-state index contributed by atoms with van der Waals surface area (Å²) < 4.78 is 17.2. The van der Waals surface area contributed by atoms with E-state index in [2.05, 4.69) is 29.2 Å². The summed E-state index contributed by atoms with van der Waals surface area (Å²) in [6.45, 7) is 11.4. The van der Waals surface area contributed by atoms with Crippen LogP contribution in [-0.4, -0.2) is 46.9 Å². The maximum absolute atomic E-state index is 13.2. The standard InChI is InChI=1S/C32H41NO5/c1-6-36-28-19-18-26(21-29(28)37-7-2)20-27(30(34)31(35)38-32(3,4)5)33(22-24-14-10-8-11-15-24)23-25-16-12-9-13-17-25/h8-19,21,27,30,34H,6-7,20,22-23H2,1-5H3. The zero-order chi connectivity index (χ0) is 27.5. The molecule has 0 saturated heterocycles. The van der Waals surface area contributed by atoms with Gasteiger partial charge >= 0.3 is 5.97 Å². The van der Waals surface area contributed by atoms with Crippen LogP contribution >= 0.6 is 0 Å². The van der Waals surface area contributed by atoms with E-state index >= 15 is 0 Å². The Balaban J connectivity index is 2.01. The summed E-state index contributed by atoms with van der Waals surface area (Å²) in [5.74, 6) is 0.687. The highest BCUT2D eigenvalue weighted by Crippen LogP contribution is 2.30. The van der Waals surface area contributed by atoms with Gasteiger partial charge in [0.05, 0.1) is 19.3 Å². The second kappa shape index (κ2) is 14.0. The van der Waals surface area contributed by atoms with Crippen molar-refractivity contribution in [2.75, 3.05) is 13.2 Å². The Morgan fingerprint density at radius 2 is 1.32 bits per heavy atom. The number of hydrogen-bond donors (Lipinski definition) is 1. The fourth-order valence-electron chi connectivity index (χ4n) is 4.35. The van der Waals surface area contributed by atoms with Crippen molar-refractivity contribution < 1.29 is 24.1 Å². The number of aliphatic hydroxyl groups excluding tert-OH is 1. The molecule has 0 fully saturated rings. The van der Waals surface area contributed by atoms with Crippen molar-refractivity contribution >= 4 is 5.97 Å². The smallest absolute Gasteiger partial charge is 0.337 e. The molecule has 6 heteroatoms. The van der Waals surface area contributed by atoms with Crippen molar-refractivity contribution in [3.8, 4) is 11.5 Å². The van der Waals surface area contributed by atoms with Gasteiger partial charge in [0.1, 0.15) is 5.60 Å². The minimum Gasteiger partial charge on any atom is -0.490 e. The van der Waals surface area contributed by atoms with Crippen LogP contribution in [0.25, 0.3) is 0 Å². The number of nitrogens with zero attached hydrogens (tertiary/aromatic N) is 1. The second-order valence-corrected chi connectivity index (χ2v) is 10.3. The average Bonchev–Trinajstić information content (AvgIpc) is 2.88. The zero-order valence-corrected chi connectivity index (χ0v) is 23.2. The van der Waals surface area contributed by atoms with E-state index in [1.807, 2.05) is 68.4 Å². The number of rotatable bonds is 13. The third-order valence-corrected chi connectivity index (χ3v) is 5.99. The quantitative estimate of drug-likeness (QED) is 0.288. The van der Waals surface area contributed by atoms with Crippen LogP contribution in [0.4, 0.5) is 0 Å². The molecule has 0 saturated carbocycles. The SMILES string of the molecule is CCOc1ccc(CC(C(O)C(=O)OC(C)(C)C)N(Cc2ccccc2)Cc2ccccc2)cc1OCC. The number of carbonyl (C=O) groups is 1. The predicted octanol–water partition coefficient (Wildman–Crippen LogP) is 5.80. The largest absolute Gasteiger partial charge is 0.490 e. The molecule has 0 amide bonds. The van der Waals surface area contributed by atoms with Crippen molar-refractivity contribution in [1.29, 1.82) is 0 Å².